The smallest absolute Gasteiger partial charge is 0.410 e. The van der Waals surface area contributed by atoms with E-state index in [1.165, 1.54) is 0 Å². The number of ether oxygens (including phenoxy) is 1. The minimum absolute atomic E-state index is 0.0775. The van der Waals surface area contributed by atoms with Crippen molar-refractivity contribution in [2.24, 2.45) is 0 Å². The molecule has 4 nitrogen and oxygen atoms in total. The Balaban J connectivity index is 1.92. The summed E-state index contributed by atoms with van der Waals surface area (Å²) in [7, 11) is 0. The molecule has 0 spiro atoms. The first-order chi connectivity index (χ1) is 8.76. The standard InChI is InChI=1S/C14H18ClNO3/c1-14(2,3)19-13(18)16-7-10(8-16)9-4-5-12(17)11(15)6-9/h4-6,10,17H,7-8H2,1-3H3. The van der Waals surface area contributed by atoms with Crippen molar-refractivity contribution in [2.75, 3.05) is 13.1 Å². The molecular formula is C14H18ClNO3. The Bertz CT molecular complexity index is 490. The van der Waals surface area contributed by atoms with E-state index in [1.807, 2.05) is 26.8 Å². The van der Waals surface area contributed by atoms with Gasteiger partial charge in [-0.05, 0) is 38.5 Å². The second-order valence-corrected chi connectivity index (χ2v) is 6.20. The first-order valence-electron chi connectivity index (χ1n) is 6.22. The maximum Gasteiger partial charge on any atom is 0.410 e. The molecule has 0 saturated carbocycles. The van der Waals surface area contributed by atoms with E-state index in [9.17, 15) is 9.90 Å². The molecule has 104 valence electrons. The van der Waals surface area contributed by atoms with E-state index in [1.54, 1.807) is 17.0 Å². The number of benzene rings is 1. The number of hydrogen-bond donors (Lipinski definition) is 1. The molecule has 2 rings (SSSR count). The van der Waals surface area contributed by atoms with Crippen LogP contribution in [0.3, 0.4) is 0 Å². The van der Waals surface area contributed by atoms with Crippen molar-refractivity contribution in [2.45, 2.75) is 32.3 Å². The average molecular weight is 284 g/mol. The van der Waals surface area contributed by atoms with Gasteiger partial charge in [0.15, 0.2) is 0 Å². The SMILES string of the molecule is CC(C)(C)OC(=O)N1CC(c2ccc(O)c(Cl)c2)C1. The van der Waals surface area contributed by atoms with E-state index < -0.39 is 5.60 Å². The summed E-state index contributed by atoms with van der Waals surface area (Å²) >= 11 is 5.87. The van der Waals surface area contributed by atoms with Crippen LogP contribution in [0.15, 0.2) is 18.2 Å². The number of aromatic hydroxyl groups is 1. The van der Waals surface area contributed by atoms with Crippen LogP contribution >= 0.6 is 11.6 Å². The Morgan fingerprint density at radius 2 is 2.05 bits per heavy atom. The summed E-state index contributed by atoms with van der Waals surface area (Å²) in [5, 5.41) is 9.71. The fourth-order valence-electron chi connectivity index (χ4n) is 1.94. The molecule has 1 heterocycles. The fourth-order valence-corrected chi connectivity index (χ4v) is 2.13. The van der Waals surface area contributed by atoms with Crippen LogP contribution < -0.4 is 0 Å². The van der Waals surface area contributed by atoms with Crippen LogP contribution in [0.1, 0.15) is 32.3 Å². The molecule has 1 saturated heterocycles. The molecule has 0 aliphatic carbocycles. The third kappa shape index (κ3) is 3.32. The predicted molar refractivity (Wildman–Crippen MR) is 73.7 cm³/mol. The van der Waals surface area contributed by atoms with E-state index in [2.05, 4.69) is 0 Å². The maximum absolute atomic E-state index is 11.8. The Labute approximate surface area is 117 Å². The molecule has 1 aromatic rings. The molecule has 1 aromatic carbocycles. The highest BCUT2D eigenvalue weighted by molar-refractivity contribution is 6.32. The molecular weight excluding hydrogens is 266 g/mol. The van der Waals surface area contributed by atoms with Gasteiger partial charge < -0.3 is 14.7 Å². The number of amides is 1. The number of phenolic OH excluding ortho intramolecular Hbond substituents is 1. The zero-order valence-electron chi connectivity index (χ0n) is 11.3. The number of carbonyl (C=O) groups is 1. The van der Waals surface area contributed by atoms with Gasteiger partial charge in [-0.2, -0.15) is 0 Å². The van der Waals surface area contributed by atoms with Gasteiger partial charge in [-0.1, -0.05) is 17.7 Å². The number of hydrogen-bond acceptors (Lipinski definition) is 3. The zero-order valence-corrected chi connectivity index (χ0v) is 12.1. The topological polar surface area (TPSA) is 49.8 Å². The summed E-state index contributed by atoms with van der Waals surface area (Å²) in [6, 6.07) is 5.15. The third-order valence-electron chi connectivity index (χ3n) is 2.98. The van der Waals surface area contributed by atoms with Gasteiger partial charge in [0, 0.05) is 19.0 Å². The van der Waals surface area contributed by atoms with Crippen LogP contribution in [0.4, 0.5) is 4.79 Å². The van der Waals surface area contributed by atoms with Crippen LogP contribution in [0.25, 0.3) is 0 Å². The number of nitrogens with zero attached hydrogens (tertiary/aromatic N) is 1. The number of likely N-dealkylation sites (tertiary alicyclic amines) is 1. The van der Waals surface area contributed by atoms with Crippen molar-refractivity contribution in [1.82, 2.24) is 4.90 Å². The monoisotopic (exact) mass is 283 g/mol. The van der Waals surface area contributed by atoms with E-state index in [4.69, 9.17) is 16.3 Å². The average Bonchev–Trinajstić information content (AvgIpc) is 2.18. The summed E-state index contributed by atoms with van der Waals surface area (Å²) in [5.74, 6) is 0.333. The van der Waals surface area contributed by atoms with Gasteiger partial charge in [-0.25, -0.2) is 4.79 Å². The lowest BCUT2D eigenvalue weighted by molar-refractivity contribution is 0.00819. The molecule has 1 aliphatic heterocycles. The highest BCUT2D eigenvalue weighted by atomic mass is 35.5. The quantitative estimate of drug-likeness (QED) is 0.859. The highest BCUT2D eigenvalue weighted by Gasteiger charge is 2.34. The summed E-state index contributed by atoms with van der Waals surface area (Å²) in [4.78, 5) is 13.4. The van der Waals surface area contributed by atoms with Crippen LogP contribution in [0, 0.1) is 0 Å². The van der Waals surface area contributed by atoms with E-state index in [0.29, 0.717) is 18.1 Å². The Morgan fingerprint density at radius 3 is 2.58 bits per heavy atom. The zero-order chi connectivity index (χ0) is 14.2. The normalized spacial score (nSPS) is 16.1. The molecule has 0 bridgehead atoms. The van der Waals surface area contributed by atoms with Gasteiger partial charge in [0.25, 0.3) is 0 Å². The molecule has 5 heteroatoms. The molecule has 1 fully saturated rings. The van der Waals surface area contributed by atoms with Crippen molar-refractivity contribution >= 4 is 17.7 Å². The molecule has 19 heavy (non-hydrogen) atoms. The Hall–Kier alpha value is -1.42. The summed E-state index contributed by atoms with van der Waals surface area (Å²) in [5.41, 5.74) is 0.562. The molecule has 1 amide bonds. The Kier molecular flexibility index (Phi) is 3.63. The van der Waals surface area contributed by atoms with E-state index >= 15 is 0 Å². The second-order valence-electron chi connectivity index (χ2n) is 5.79. The van der Waals surface area contributed by atoms with E-state index in [-0.39, 0.29) is 17.8 Å². The van der Waals surface area contributed by atoms with Gasteiger partial charge in [0.05, 0.1) is 5.02 Å². The molecule has 0 radical (unpaired) electrons. The fraction of sp³-hybridized carbons (Fsp3) is 0.500. The first kappa shape index (κ1) is 14.0. The van der Waals surface area contributed by atoms with Crippen molar-refractivity contribution < 1.29 is 14.6 Å². The van der Waals surface area contributed by atoms with Crippen LogP contribution in [0.2, 0.25) is 5.02 Å². The molecule has 1 N–H and O–H groups in total. The molecule has 1 aliphatic rings. The number of phenols is 1. The highest BCUT2D eigenvalue weighted by Crippen LogP contribution is 2.32. The number of rotatable bonds is 1. The van der Waals surface area contributed by atoms with Crippen LogP contribution in [-0.4, -0.2) is 34.8 Å². The van der Waals surface area contributed by atoms with E-state index in [0.717, 1.165) is 5.56 Å². The minimum Gasteiger partial charge on any atom is -0.506 e. The lowest BCUT2D eigenvalue weighted by Gasteiger charge is -2.40. The van der Waals surface area contributed by atoms with Crippen molar-refractivity contribution in [3.8, 4) is 5.75 Å². The number of carbonyl (C=O) groups excluding carboxylic acids is 1. The molecule has 0 atom stereocenters. The van der Waals surface area contributed by atoms with Crippen molar-refractivity contribution in [3.05, 3.63) is 28.8 Å². The van der Waals surface area contributed by atoms with Crippen LogP contribution in [-0.2, 0) is 4.74 Å². The predicted octanol–water partition coefficient (Wildman–Crippen LogP) is 3.38. The molecule has 0 aromatic heterocycles. The van der Waals surface area contributed by atoms with Gasteiger partial charge in [-0.15, -0.1) is 0 Å². The van der Waals surface area contributed by atoms with Gasteiger partial charge in [0.1, 0.15) is 11.4 Å². The van der Waals surface area contributed by atoms with Crippen LogP contribution in [0.5, 0.6) is 5.75 Å². The third-order valence-corrected chi connectivity index (χ3v) is 3.28. The van der Waals surface area contributed by atoms with Gasteiger partial charge >= 0.3 is 6.09 Å². The summed E-state index contributed by atoms with van der Waals surface area (Å²) in [6.07, 6.45) is -0.284. The number of halogens is 1. The maximum atomic E-state index is 11.8. The molecule has 0 unspecified atom stereocenters. The van der Waals surface area contributed by atoms with Gasteiger partial charge in [-0.3, -0.25) is 0 Å². The lowest BCUT2D eigenvalue weighted by atomic mass is 9.92. The Morgan fingerprint density at radius 1 is 1.42 bits per heavy atom. The van der Waals surface area contributed by atoms with Gasteiger partial charge in [0.2, 0.25) is 0 Å². The summed E-state index contributed by atoms with van der Waals surface area (Å²) in [6.45, 7) is 6.79. The minimum atomic E-state index is -0.468. The first-order valence-corrected chi connectivity index (χ1v) is 6.60. The second kappa shape index (κ2) is 4.93. The lowest BCUT2D eigenvalue weighted by Crippen LogP contribution is -2.50. The van der Waals surface area contributed by atoms with Crippen molar-refractivity contribution in [1.29, 1.82) is 0 Å². The van der Waals surface area contributed by atoms with Crippen molar-refractivity contribution in [3.63, 3.8) is 0 Å². The summed E-state index contributed by atoms with van der Waals surface area (Å²) < 4.78 is 5.29. The largest absolute Gasteiger partial charge is 0.506 e.